The number of carbonyl (C=O) groups excluding carboxylic acids is 2. The van der Waals surface area contributed by atoms with Crippen molar-refractivity contribution in [1.29, 1.82) is 0 Å². The fourth-order valence-corrected chi connectivity index (χ4v) is 1.59. The maximum atomic E-state index is 11.6. The molecule has 0 aromatic rings. The Morgan fingerprint density at radius 3 is 3.00 bits per heavy atom. The van der Waals surface area contributed by atoms with Gasteiger partial charge in [0.05, 0.1) is 12.6 Å². The lowest BCUT2D eigenvalue weighted by atomic mass is 10.2. The van der Waals surface area contributed by atoms with Crippen LogP contribution >= 0.6 is 0 Å². The monoisotopic (exact) mass is 199 g/mol. The van der Waals surface area contributed by atoms with Gasteiger partial charge in [0.2, 0.25) is 11.8 Å². The molecular formula is C9H17N3O2. The van der Waals surface area contributed by atoms with E-state index in [0.717, 1.165) is 19.4 Å². The number of hydrogen-bond acceptors (Lipinski definition) is 3. The molecule has 0 aromatic heterocycles. The molecule has 1 rings (SSSR count). The fraction of sp³-hybridized carbons (Fsp3) is 0.778. The summed E-state index contributed by atoms with van der Waals surface area (Å²) in [5.41, 5.74) is 5.03. The highest BCUT2D eigenvalue weighted by Gasteiger charge is 2.31. The lowest BCUT2D eigenvalue weighted by molar-refractivity contribution is -0.133. The molecule has 1 heterocycles. The molecule has 1 aliphatic rings. The molecule has 1 aliphatic heterocycles. The summed E-state index contributed by atoms with van der Waals surface area (Å²) >= 11 is 0. The van der Waals surface area contributed by atoms with E-state index in [2.05, 4.69) is 5.32 Å². The normalized spacial score (nSPS) is 21.6. The quantitative estimate of drug-likeness (QED) is 0.601. The number of nitrogens with one attached hydrogen (secondary N) is 1. The third-order valence-electron chi connectivity index (χ3n) is 2.28. The van der Waals surface area contributed by atoms with Gasteiger partial charge in [0, 0.05) is 6.54 Å². The Bertz CT molecular complexity index is 230. The van der Waals surface area contributed by atoms with Gasteiger partial charge < -0.3 is 16.0 Å². The Labute approximate surface area is 83.6 Å². The van der Waals surface area contributed by atoms with Crippen LogP contribution in [0.3, 0.4) is 0 Å². The molecule has 0 bridgehead atoms. The van der Waals surface area contributed by atoms with Crippen LogP contribution in [0.4, 0.5) is 0 Å². The Morgan fingerprint density at radius 1 is 1.71 bits per heavy atom. The zero-order valence-electron chi connectivity index (χ0n) is 8.45. The van der Waals surface area contributed by atoms with E-state index in [1.165, 1.54) is 4.90 Å². The lowest BCUT2D eigenvalue weighted by Crippen LogP contribution is -2.41. The Kier molecular flexibility index (Phi) is 3.88. The van der Waals surface area contributed by atoms with Gasteiger partial charge in [0.1, 0.15) is 0 Å². The van der Waals surface area contributed by atoms with Gasteiger partial charge in [-0.05, 0) is 19.4 Å². The molecule has 14 heavy (non-hydrogen) atoms. The van der Waals surface area contributed by atoms with Gasteiger partial charge in [0.15, 0.2) is 0 Å². The zero-order valence-corrected chi connectivity index (χ0v) is 8.45. The second-order valence-corrected chi connectivity index (χ2v) is 3.52. The first-order valence-electron chi connectivity index (χ1n) is 4.95. The van der Waals surface area contributed by atoms with Crippen LogP contribution in [0.15, 0.2) is 0 Å². The maximum Gasteiger partial charge on any atom is 0.240 e. The summed E-state index contributed by atoms with van der Waals surface area (Å²) in [5, 5.41) is 3.14. The Balaban J connectivity index is 2.39. The summed E-state index contributed by atoms with van der Waals surface area (Å²) < 4.78 is 0. The smallest absolute Gasteiger partial charge is 0.240 e. The molecule has 1 saturated heterocycles. The second-order valence-electron chi connectivity index (χ2n) is 3.52. The number of amides is 2. The third kappa shape index (κ3) is 2.70. The van der Waals surface area contributed by atoms with E-state index in [1.807, 2.05) is 6.92 Å². The van der Waals surface area contributed by atoms with Gasteiger partial charge in [-0.3, -0.25) is 9.59 Å². The van der Waals surface area contributed by atoms with Crippen molar-refractivity contribution in [3.05, 3.63) is 0 Å². The molecule has 2 amide bonds. The molecule has 1 unspecified atom stereocenters. The van der Waals surface area contributed by atoms with Crippen molar-refractivity contribution in [2.75, 3.05) is 19.6 Å². The van der Waals surface area contributed by atoms with Crippen molar-refractivity contribution in [2.24, 2.45) is 5.73 Å². The van der Waals surface area contributed by atoms with Crippen molar-refractivity contribution in [3.8, 4) is 0 Å². The van der Waals surface area contributed by atoms with Crippen LogP contribution in [-0.2, 0) is 9.59 Å². The number of hydrogen-bond donors (Lipinski definition) is 2. The van der Waals surface area contributed by atoms with Gasteiger partial charge in [-0.1, -0.05) is 6.92 Å². The van der Waals surface area contributed by atoms with E-state index in [4.69, 9.17) is 5.73 Å². The molecule has 5 heteroatoms. The van der Waals surface area contributed by atoms with E-state index in [9.17, 15) is 9.59 Å². The summed E-state index contributed by atoms with van der Waals surface area (Å²) in [7, 11) is 0. The van der Waals surface area contributed by atoms with E-state index < -0.39 is 5.91 Å². The number of rotatable bonds is 5. The van der Waals surface area contributed by atoms with Gasteiger partial charge >= 0.3 is 0 Å². The predicted octanol–water partition coefficient (Wildman–Crippen LogP) is -0.928. The molecule has 1 atom stereocenters. The average molecular weight is 199 g/mol. The van der Waals surface area contributed by atoms with E-state index in [-0.39, 0.29) is 18.5 Å². The Hall–Kier alpha value is -1.10. The van der Waals surface area contributed by atoms with Crippen molar-refractivity contribution in [3.63, 3.8) is 0 Å². The zero-order chi connectivity index (χ0) is 10.6. The first-order valence-corrected chi connectivity index (χ1v) is 4.95. The van der Waals surface area contributed by atoms with Crippen LogP contribution in [0.2, 0.25) is 0 Å². The summed E-state index contributed by atoms with van der Waals surface area (Å²) in [5.74, 6) is -0.452. The van der Waals surface area contributed by atoms with Crippen molar-refractivity contribution < 1.29 is 9.59 Å². The third-order valence-corrected chi connectivity index (χ3v) is 2.28. The Morgan fingerprint density at radius 2 is 2.43 bits per heavy atom. The highest BCUT2D eigenvalue weighted by molar-refractivity contribution is 5.88. The van der Waals surface area contributed by atoms with Crippen LogP contribution in [0.5, 0.6) is 0 Å². The highest BCUT2D eigenvalue weighted by Crippen LogP contribution is 2.10. The molecule has 1 fully saturated rings. The molecular weight excluding hydrogens is 182 g/mol. The largest absolute Gasteiger partial charge is 0.368 e. The van der Waals surface area contributed by atoms with E-state index in [0.29, 0.717) is 6.54 Å². The second kappa shape index (κ2) is 4.95. The first-order chi connectivity index (χ1) is 6.65. The van der Waals surface area contributed by atoms with Gasteiger partial charge in [-0.2, -0.15) is 0 Å². The van der Waals surface area contributed by atoms with Crippen LogP contribution in [0.1, 0.15) is 19.8 Å². The minimum Gasteiger partial charge on any atom is -0.368 e. The van der Waals surface area contributed by atoms with Crippen molar-refractivity contribution in [2.45, 2.75) is 25.8 Å². The molecule has 0 radical (unpaired) electrons. The summed E-state index contributed by atoms with van der Waals surface area (Å²) in [6.07, 6.45) is 1.77. The van der Waals surface area contributed by atoms with Crippen LogP contribution in [0.25, 0.3) is 0 Å². The molecule has 3 N–H and O–H groups in total. The van der Waals surface area contributed by atoms with Gasteiger partial charge in [0.25, 0.3) is 0 Å². The average Bonchev–Trinajstić information content (AvgIpc) is 2.45. The van der Waals surface area contributed by atoms with Gasteiger partial charge in [-0.25, -0.2) is 0 Å². The summed E-state index contributed by atoms with van der Waals surface area (Å²) in [4.78, 5) is 23.7. The topological polar surface area (TPSA) is 75.4 Å². The lowest BCUT2D eigenvalue weighted by Gasteiger charge is -2.14. The van der Waals surface area contributed by atoms with Crippen LogP contribution in [0, 0.1) is 0 Å². The van der Waals surface area contributed by atoms with Crippen LogP contribution in [-0.4, -0.2) is 42.4 Å². The number of primary amides is 1. The van der Waals surface area contributed by atoms with Gasteiger partial charge in [-0.15, -0.1) is 0 Å². The molecule has 5 nitrogen and oxygen atoms in total. The summed E-state index contributed by atoms with van der Waals surface area (Å²) in [6, 6.07) is -0.116. The molecule has 0 saturated carbocycles. The SMILES string of the molecule is CCCNC1CCN(CC(N)=O)C1=O. The standard InChI is InChI=1S/C9H17N3O2/c1-2-4-11-7-3-5-12(9(7)14)6-8(10)13/h7,11H,2-6H2,1H3,(H2,10,13). The minimum atomic E-state index is -0.450. The maximum absolute atomic E-state index is 11.6. The number of likely N-dealkylation sites (tertiary alicyclic amines) is 1. The van der Waals surface area contributed by atoms with Crippen molar-refractivity contribution >= 4 is 11.8 Å². The number of carbonyl (C=O) groups is 2. The molecule has 0 spiro atoms. The summed E-state index contributed by atoms with van der Waals surface area (Å²) in [6.45, 7) is 3.56. The van der Waals surface area contributed by atoms with Crippen LogP contribution < -0.4 is 11.1 Å². The highest BCUT2D eigenvalue weighted by atomic mass is 16.2. The first kappa shape index (κ1) is 11.0. The van der Waals surface area contributed by atoms with Crippen molar-refractivity contribution in [1.82, 2.24) is 10.2 Å². The molecule has 80 valence electrons. The number of nitrogens with two attached hydrogens (primary N) is 1. The predicted molar refractivity (Wildman–Crippen MR) is 52.5 cm³/mol. The minimum absolute atomic E-state index is 0.00255. The number of nitrogens with zero attached hydrogens (tertiary/aromatic N) is 1. The molecule has 0 aliphatic carbocycles. The fourth-order valence-electron chi connectivity index (χ4n) is 1.59. The van der Waals surface area contributed by atoms with E-state index in [1.54, 1.807) is 0 Å². The molecule has 0 aromatic carbocycles. The van der Waals surface area contributed by atoms with E-state index >= 15 is 0 Å².